The van der Waals surface area contributed by atoms with E-state index < -0.39 is 0 Å². The number of benzene rings is 1. The van der Waals surface area contributed by atoms with Crippen LogP contribution in [0.2, 0.25) is 5.02 Å². The molecule has 2 aliphatic rings. The lowest BCUT2D eigenvalue weighted by molar-refractivity contribution is -0.147. The summed E-state index contributed by atoms with van der Waals surface area (Å²) in [6.45, 7) is 6.20. The lowest BCUT2D eigenvalue weighted by atomic mass is 9.69. The van der Waals surface area contributed by atoms with Gasteiger partial charge in [0.15, 0.2) is 0 Å². The Morgan fingerprint density at radius 1 is 1.38 bits per heavy atom. The zero-order chi connectivity index (χ0) is 14.9. The number of hydrogen-bond donors (Lipinski definition) is 1. The molecule has 0 bridgehead atoms. The molecule has 2 fully saturated rings. The number of nitrogens with one attached hydrogen (secondary N) is 1. The average Bonchev–Trinajstić information content (AvgIpc) is 2.42. The van der Waals surface area contributed by atoms with Crippen LogP contribution in [0, 0.1) is 12.8 Å². The minimum atomic E-state index is 0.199. The van der Waals surface area contributed by atoms with Gasteiger partial charge in [0.1, 0.15) is 0 Å². The summed E-state index contributed by atoms with van der Waals surface area (Å²) < 4.78 is 6.09. The fraction of sp³-hybridized carbons (Fsp3) is 0.667. The molecule has 116 valence electrons. The quantitative estimate of drug-likeness (QED) is 0.874. The van der Waals surface area contributed by atoms with Crippen LogP contribution in [0.15, 0.2) is 18.2 Å². The Kier molecular flexibility index (Phi) is 4.58. The minimum Gasteiger partial charge on any atom is -0.375 e. The van der Waals surface area contributed by atoms with Gasteiger partial charge in [-0.2, -0.15) is 0 Å². The predicted octanol–water partition coefficient (Wildman–Crippen LogP) is 4.65. The first-order valence-electron chi connectivity index (χ1n) is 8.26. The highest BCUT2D eigenvalue weighted by Crippen LogP contribution is 2.47. The van der Waals surface area contributed by atoms with Crippen molar-refractivity contribution >= 4 is 11.6 Å². The van der Waals surface area contributed by atoms with Gasteiger partial charge in [0.2, 0.25) is 0 Å². The molecule has 1 aliphatic carbocycles. The molecular weight excluding hydrogens is 282 g/mol. The van der Waals surface area contributed by atoms with Crippen LogP contribution in [-0.4, -0.2) is 18.8 Å². The van der Waals surface area contributed by atoms with Gasteiger partial charge in [-0.25, -0.2) is 0 Å². The largest absolute Gasteiger partial charge is 0.375 e. The molecule has 2 unspecified atom stereocenters. The first-order valence-corrected chi connectivity index (χ1v) is 8.64. The molecule has 1 saturated heterocycles. The van der Waals surface area contributed by atoms with E-state index in [1.807, 2.05) is 6.07 Å². The molecule has 2 nitrogen and oxygen atoms in total. The van der Waals surface area contributed by atoms with Gasteiger partial charge < -0.3 is 10.1 Å². The van der Waals surface area contributed by atoms with Gasteiger partial charge in [-0.15, -0.1) is 0 Å². The van der Waals surface area contributed by atoms with E-state index in [-0.39, 0.29) is 5.60 Å². The Bertz CT molecular complexity index is 478. The van der Waals surface area contributed by atoms with E-state index in [0.717, 1.165) is 24.6 Å². The number of aryl methyl sites for hydroxylation is 1. The molecule has 3 heteroatoms. The van der Waals surface area contributed by atoms with Crippen molar-refractivity contribution in [3.8, 4) is 0 Å². The summed E-state index contributed by atoms with van der Waals surface area (Å²) in [6.07, 6.45) is 6.16. The molecule has 2 atom stereocenters. The molecule has 0 amide bonds. The average molecular weight is 308 g/mol. The fourth-order valence-corrected chi connectivity index (χ4v) is 4.29. The molecule has 0 radical (unpaired) electrons. The van der Waals surface area contributed by atoms with Gasteiger partial charge in [0.25, 0.3) is 0 Å². The van der Waals surface area contributed by atoms with Gasteiger partial charge in [-0.1, -0.05) is 24.6 Å². The van der Waals surface area contributed by atoms with Crippen molar-refractivity contribution in [1.82, 2.24) is 5.32 Å². The van der Waals surface area contributed by atoms with Crippen molar-refractivity contribution in [1.29, 1.82) is 0 Å². The van der Waals surface area contributed by atoms with Crippen LogP contribution in [0.25, 0.3) is 0 Å². The Hall–Kier alpha value is -0.570. The second-order valence-electron chi connectivity index (χ2n) is 6.74. The van der Waals surface area contributed by atoms with Crippen LogP contribution >= 0.6 is 11.6 Å². The molecule has 3 rings (SSSR count). The molecule has 0 aromatic heterocycles. The zero-order valence-corrected chi connectivity index (χ0v) is 13.9. The molecule has 1 spiro atoms. The van der Waals surface area contributed by atoms with Crippen LogP contribution in [0.3, 0.4) is 0 Å². The standard InChI is InChI=1S/C18H26ClNO/c1-3-20-17(15-9-13(2)10-16(19)11-15)14-5-8-21-18(12-14)6-4-7-18/h9-11,14,17,20H,3-8,12H2,1-2H3. The molecule has 1 aromatic rings. The molecule has 1 aromatic carbocycles. The molecule has 1 heterocycles. The minimum absolute atomic E-state index is 0.199. The molecule has 1 N–H and O–H groups in total. The Morgan fingerprint density at radius 2 is 2.19 bits per heavy atom. The topological polar surface area (TPSA) is 21.3 Å². The Labute approximate surface area is 133 Å². The van der Waals surface area contributed by atoms with Crippen LogP contribution in [-0.2, 0) is 4.74 Å². The summed E-state index contributed by atoms with van der Waals surface area (Å²) in [7, 11) is 0. The summed E-state index contributed by atoms with van der Waals surface area (Å²) in [6, 6.07) is 6.84. The third-order valence-electron chi connectivity index (χ3n) is 5.11. The van der Waals surface area contributed by atoms with Crippen molar-refractivity contribution in [2.24, 2.45) is 5.92 Å². The summed E-state index contributed by atoms with van der Waals surface area (Å²) in [4.78, 5) is 0. The first kappa shape index (κ1) is 15.3. The third kappa shape index (κ3) is 3.28. The van der Waals surface area contributed by atoms with E-state index >= 15 is 0 Å². The molecule has 1 aliphatic heterocycles. The number of hydrogen-bond acceptors (Lipinski definition) is 2. The maximum atomic E-state index is 6.28. The zero-order valence-electron chi connectivity index (χ0n) is 13.1. The lowest BCUT2D eigenvalue weighted by Crippen LogP contribution is -2.48. The van der Waals surface area contributed by atoms with Crippen molar-refractivity contribution in [3.63, 3.8) is 0 Å². The summed E-state index contributed by atoms with van der Waals surface area (Å²) in [5.74, 6) is 0.650. The smallest absolute Gasteiger partial charge is 0.0686 e. The SMILES string of the molecule is CCNC(c1cc(C)cc(Cl)c1)C1CCOC2(CCC2)C1. The predicted molar refractivity (Wildman–Crippen MR) is 87.9 cm³/mol. The van der Waals surface area contributed by atoms with E-state index in [1.54, 1.807) is 0 Å². The van der Waals surface area contributed by atoms with E-state index in [4.69, 9.17) is 16.3 Å². The van der Waals surface area contributed by atoms with Crippen molar-refractivity contribution < 1.29 is 4.74 Å². The maximum Gasteiger partial charge on any atom is 0.0686 e. The van der Waals surface area contributed by atoms with Gasteiger partial charge in [-0.05, 0) is 74.8 Å². The van der Waals surface area contributed by atoms with Crippen molar-refractivity contribution in [3.05, 3.63) is 34.3 Å². The Balaban J connectivity index is 1.83. The highest BCUT2D eigenvalue weighted by molar-refractivity contribution is 6.30. The van der Waals surface area contributed by atoms with Crippen LogP contribution in [0.5, 0.6) is 0 Å². The van der Waals surface area contributed by atoms with Gasteiger partial charge in [-0.3, -0.25) is 0 Å². The third-order valence-corrected chi connectivity index (χ3v) is 5.33. The van der Waals surface area contributed by atoms with E-state index in [1.165, 1.54) is 36.8 Å². The second-order valence-corrected chi connectivity index (χ2v) is 7.17. The first-order chi connectivity index (χ1) is 10.1. The normalized spacial score (nSPS) is 25.6. The van der Waals surface area contributed by atoms with Gasteiger partial charge >= 0.3 is 0 Å². The summed E-state index contributed by atoms with van der Waals surface area (Å²) in [5.41, 5.74) is 2.78. The highest BCUT2D eigenvalue weighted by atomic mass is 35.5. The Morgan fingerprint density at radius 3 is 2.81 bits per heavy atom. The van der Waals surface area contributed by atoms with Crippen molar-refractivity contribution in [2.75, 3.05) is 13.2 Å². The highest BCUT2D eigenvalue weighted by Gasteiger charge is 2.44. The molecule has 1 saturated carbocycles. The van der Waals surface area contributed by atoms with Crippen LogP contribution in [0.1, 0.15) is 56.2 Å². The number of ether oxygens (including phenoxy) is 1. The maximum absolute atomic E-state index is 6.28. The summed E-state index contributed by atoms with van der Waals surface area (Å²) >= 11 is 6.28. The van der Waals surface area contributed by atoms with Crippen molar-refractivity contribution in [2.45, 2.75) is 57.6 Å². The second kappa shape index (κ2) is 6.28. The van der Waals surface area contributed by atoms with E-state index in [0.29, 0.717) is 12.0 Å². The van der Waals surface area contributed by atoms with E-state index in [2.05, 4.69) is 31.3 Å². The lowest BCUT2D eigenvalue weighted by Gasteiger charge is -2.49. The number of rotatable bonds is 4. The van der Waals surface area contributed by atoms with Crippen LogP contribution < -0.4 is 5.32 Å². The summed E-state index contributed by atoms with van der Waals surface area (Å²) in [5, 5.41) is 4.54. The fourth-order valence-electron chi connectivity index (χ4n) is 3.99. The van der Waals surface area contributed by atoms with E-state index in [9.17, 15) is 0 Å². The van der Waals surface area contributed by atoms with Crippen LogP contribution in [0.4, 0.5) is 0 Å². The monoisotopic (exact) mass is 307 g/mol. The molecule has 21 heavy (non-hydrogen) atoms. The van der Waals surface area contributed by atoms with Gasteiger partial charge in [0.05, 0.1) is 5.60 Å². The van der Waals surface area contributed by atoms with Gasteiger partial charge in [0, 0.05) is 17.7 Å². The number of halogens is 1. The molecular formula is C18H26ClNO.